The summed E-state index contributed by atoms with van der Waals surface area (Å²) in [7, 11) is 1.50. The third kappa shape index (κ3) is 2.32. The number of anilines is 2. The number of methoxy groups -OCH3 is 1. The maximum atomic E-state index is 13.0. The average molecular weight is 401 g/mol. The number of benzene rings is 2. The van der Waals surface area contributed by atoms with Gasteiger partial charge in [0.05, 0.1) is 18.5 Å². The maximum Gasteiger partial charge on any atom is 0.263 e. The fourth-order valence-corrected chi connectivity index (χ4v) is 3.51. The van der Waals surface area contributed by atoms with E-state index in [1.165, 1.54) is 12.1 Å². The van der Waals surface area contributed by atoms with E-state index in [0.717, 1.165) is 9.37 Å². The van der Waals surface area contributed by atoms with Gasteiger partial charge in [-0.2, -0.15) is 5.11 Å². The largest absolute Gasteiger partial charge is 0.495 e. The van der Waals surface area contributed by atoms with Gasteiger partial charge in [-0.3, -0.25) is 9.59 Å². The molecule has 1 fully saturated rings. The molecule has 2 aliphatic rings. The summed E-state index contributed by atoms with van der Waals surface area (Å²) in [5, 5.41) is 9.58. The summed E-state index contributed by atoms with van der Waals surface area (Å²) in [6, 6.07) is 12.6. The third-order valence-corrected chi connectivity index (χ3v) is 4.88. The zero-order valence-electron chi connectivity index (χ0n) is 13.2. The van der Waals surface area contributed by atoms with Crippen LogP contribution in [0.1, 0.15) is 0 Å². The van der Waals surface area contributed by atoms with Crippen LogP contribution in [0.25, 0.3) is 0 Å². The minimum Gasteiger partial charge on any atom is -0.495 e. The van der Waals surface area contributed by atoms with E-state index in [2.05, 4.69) is 26.3 Å². The van der Waals surface area contributed by atoms with Crippen LogP contribution < -0.4 is 14.6 Å². The lowest BCUT2D eigenvalue weighted by molar-refractivity contribution is -0.121. The Hall–Kier alpha value is -2.74. The van der Waals surface area contributed by atoms with Gasteiger partial charge in [-0.15, -0.1) is 0 Å². The molecule has 0 aromatic heterocycles. The second kappa shape index (κ2) is 5.96. The molecule has 0 radical (unpaired) electrons. The molecule has 2 aromatic rings. The molecule has 2 atom stereocenters. The molecule has 7 nitrogen and oxygen atoms in total. The molecule has 2 heterocycles. The smallest absolute Gasteiger partial charge is 0.263 e. The third-order valence-electron chi connectivity index (χ3n) is 4.21. The summed E-state index contributed by atoms with van der Waals surface area (Å²) in [4.78, 5) is 27.0. The molecule has 0 bridgehead atoms. The van der Waals surface area contributed by atoms with Crippen molar-refractivity contribution in [2.75, 3.05) is 17.0 Å². The number of halogens is 1. The van der Waals surface area contributed by atoms with Crippen molar-refractivity contribution in [1.82, 2.24) is 0 Å². The van der Waals surface area contributed by atoms with Gasteiger partial charge in [0.25, 0.3) is 11.8 Å². The number of carbonyl (C=O) groups is 2. The van der Waals surface area contributed by atoms with Crippen molar-refractivity contribution in [2.45, 2.75) is 12.1 Å². The number of hydrogen-bond donors (Lipinski definition) is 0. The monoisotopic (exact) mass is 400 g/mol. The van der Waals surface area contributed by atoms with E-state index in [1.807, 2.05) is 24.3 Å². The van der Waals surface area contributed by atoms with Crippen LogP contribution in [0.5, 0.6) is 5.75 Å². The van der Waals surface area contributed by atoms with Crippen LogP contribution in [-0.4, -0.2) is 31.0 Å². The number of para-hydroxylation sites is 3. The van der Waals surface area contributed by atoms with Crippen LogP contribution in [0.4, 0.5) is 11.4 Å². The number of fused-ring (bicyclic) bond motifs is 1. The first-order chi connectivity index (χ1) is 12.1. The highest BCUT2D eigenvalue weighted by molar-refractivity contribution is 9.10. The van der Waals surface area contributed by atoms with Gasteiger partial charge in [-0.25, -0.2) is 9.91 Å². The Balaban J connectivity index is 1.75. The number of amides is 2. The number of ether oxygens (including phenoxy) is 1. The summed E-state index contributed by atoms with van der Waals surface area (Å²) in [5.41, 5.74) is 1.10. The number of imide groups is 1. The van der Waals surface area contributed by atoms with E-state index in [-0.39, 0.29) is 5.91 Å². The van der Waals surface area contributed by atoms with Gasteiger partial charge in [0.2, 0.25) is 0 Å². The predicted octanol–water partition coefficient (Wildman–Crippen LogP) is 2.96. The maximum absolute atomic E-state index is 13.0. The van der Waals surface area contributed by atoms with E-state index in [1.54, 1.807) is 24.3 Å². The lowest BCUT2D eigenvalue weighted by Crippen LogP contribution is -2.40. The molecule has 4 rings (SSSR count). The summed E-state index contributed by atoms with van der Waals surface area (Å²) in [6.45, 7) is 0. The van der Waals surface area contributed by atoms with Crippen LogP contribution in [0.3, 0.4) is 0 Å². The summed E-state index contributed by atoms with van der Waals surface area (Å²) < 4.78 is 6.05. The van der Waals surface area contributed by atoms with Gasteiger partial charge in [0, 0.05) is 4.47 Å². The predicted molar refractivity (Wildman–Crippen MR) is 94.5 cm³/mol. The lowest BCUT2D eigenvalue weighted by Gasteiger charge is -2.22. The zero-order valence-corrected chi connectivity index (χ0v) is 14.8. The van der Waals surface area contributed by atoms with Gasteiger partial charge in [-0.1, -0.05) is 29.5 Å². The van der Waals surface area contributed by atoms with Crippen molar-refractivity contribution < 1.29 is 14.3 Å². The Bertz CT molecular complexity index is 901. The molecule has 0 saturated carbocycles. The highest BCUT2D eigenvalue weighted by atomic mass is 79.9. The van der Waals surface area contributed by atoms with Gasteiger partial charge in [0.1, 0.15) is 5.75 Å². The fraction of sp³-hybridized carbons (Fsp3) is 0.176. The van der Waals surface area contributed by atoms with Crippen molar-refractivity contribution in [3.05, 3.63) is 53.0 Å². The summed E-state index contributed by atoms with van der Waals surface area (Å²) in [6.07, 6.45) is 0. The first-order valence-corrected chi connectivity index (χ1v) is 8.38. The normalized spacial score (nSPS) is 21.8. The highest BCUT2D eigenvalue weighted by Crippen LogP contribution is 2.39. The van der Waals surface area contributed by atoms with Crippen LogP contribution in [0, 0.1) is 0 Å². The molecule has 1 saturated heterocycles. The molecule has 2 aliphatic heterocycles. The molecule has 8 heteroatoms. The Kier molecular flexibility index (Phi) is 3.76. The summed E-state index contributed by atoms with van der Waals surface area (Å²) >= 11 is 3.45. The molecular weight excluding hydrogens is 388 g/mol. The standard InChI is InChI=1S/C17H13BrN4O3/c1-25-13-9-5-4-8-12(13)21-16(23)14-15(17(21)24)22(20-19-14)11-7-3-2-6-10(11)18/h2-9,14-15H,1H3. The summed E-state index contributed by atoms with van der Waals surface area (Å²) in [5.74, 6) is -0.327. The SMILES string of the molecule is COc1ccccc1N1C(=O)C2N=NN(c3ccccc3Br)C2C1=O. The Labute approximate surface area is 152 Å². The Morgan fingerprint density at radius 3 is 2.40 bits per heavy atom. The van der Waals surface area contributed by atoms with Crippen LogP contribution in [0.15, 0.2) is 63.3 Å². The molecule has 25 heavy (non-hydrogen) atoms. The lowest BCUT2D eigenvalue weighted by atomic mass is 10.1. The molecule has 0 N–H and O–H groups in total. The molecule has 2 aromatic carbocycles. The van der Waals surface area contributed by atoms with Crippen molar-refractivity contribution >= 4 is 39.1 Å². The van der Waals surface area contributed by atoms with Gasteiger partial charge < -0.3 is 4.74 Å². The quantitative estimate of drug-likeness (QED) is 0.742. The second-order valence-corrected chi connectivity index (χ2v) is 6.43. The first kappa shape index (κ1) is 15.8. The van der Waals surface area contributed by atoms with E-state index >= 15 is 0 Å². The van der Waals surface area contributed by atoms with E-state index in [9.17, 15) is 9.59 Å². The molecule has 126 valence electrons. The number of carbonyl (C=O) groups excluding carboxylic acids is 2. The van der Waals surface area contributed by atoms with Crippen LogP contribution in [-0.2, 0) is 9.59 Å². The van der Waals surface area contributed by atoms with Crippen molar-refractivity contribution in [3.63, 3.8) is 0 Å². The van der Waals surface area contributed by atoms with E-state index in [4.69, 9.17) is 4.74 Å². The topological polar surface area (TPSA) is 74.6 Å². The van der Waals surface area contributed by atoms with Gasteiger partial charge in [0.15, 0.2) is 12.1 Å². The minimum atomic E-state index is -0.857. The highest BCUT2D eigenvalue weighted by Gasteiger charge is 2.55. The van der Waals surface area contributed by atoms with E-state index in [0.29, 0.717) is 17.1 Å². The average Bonchev–Trinajstić information content (AvgIpc) is 3.16. The Morgan fingerprint density at radius 1 is 1.00 bits per heavy atom. The molecule has 2 unspecified atom stereocenters. The van der Waals surface area contributed by atoms with E-state index < -0.39 is 18.0 Å². The molecule has 2 amide bonds. The number of rotatable bonds is 3. The van der Waals surface area contributed by atoms with Crippen molar-refractivity contribution in [1.29, 1.82) is 0 Å². The number of hydrogen-bond acceptors (Lipinski definition) is 6. The number of nitrogens with zero attached hydrogens (tertiary/aromatic N) is 4. The zero-order chi connectivity index (χ0) is 17.6. The van der Waals surface area contributed by atoms with Gasteiger partial charge in [-0.05, 0) is 40.2 Å². The molecule has 0 aliphatic carbocycles. The van der Waals surface area contributed by atoms with Crippen molar-refractivity contribution in [2.24, 2.45) is 10.3 Å². The first-order valence-electron chi connectivity index (χ1n) is 7.59. The molecule has 0 spiro atoms. The minimum absolute atomic E-state index is 0.375. The van der Waals surface area contributed by atoms with Gasteiger partial charge >= 0.3 is 0 Å². The molecular formula is C17H13BrN4O3. The fourth-order valence-electron chi connectivity index (χ4n) is 3.05. The van der Waals surface area contributed by atoms with Crippen molar-refractivity contribution in [3.8, 4) is 5.75 Å². The Morgan fingerprint density at radius 2 is 1.68 bits per heavy atom. The second-order valence-electron chi connectivity index (χ2n) is 5.57. The van der Waals surface area contributed by atoms with Crippen LogP contribution >= 0.6 is 15.9 Å². The van der Waals surface area contributed by atoms with Crippen LogP contribution in [0.2, 0.25) is 0 Å².